The molecule has 2 heterocycles. The van der Waals surface area contributed by atoms with E-state index in [4.69, 9.17) is 4.42 Å². The van der Waals surface area contributed by atoms with Crippen molar-refractivity contribution < 1.29 is 9.21 Å². The fourth-order valence-electron chi connectivity index (χ4n) is 2.08. The zero-order chi connectivity index (χ0) is 17.2. The van der Waals surface area contributed by atoms with Crippen LogP contribution >= 0.6 is 0 Å². The SMILES string of the molecule is CCc1nncn1CCNC(=NC)NCC(=O)NCc1ccco1. The van der Waals surface area contributed by atoms with Gasteiger partial charge in [0.15, 0.2) is 5.96 Å². The average Bonchev–Trinajstić information content (AvgIpc) is 3.27. The van der Waals surface area contributed by atoms with Crippen molar-refractivity contribution in [3.05, 3.63) is 36.3 Å². The maximum atomic E-state index is 11.8. The minimum absolute atomic E-state index is 0.132. The Hall–Kier alpha value is -2.84. The Bertz CT molecular complexity index is 649. The van der Waals surface area contributed by atoms with Gasteiger partial charge in [0.2, 0.25) is 5.91 Å². The smallest absolute Gasteiger partial charge is 0.239 e. The van der Waals surface area contributed by atoms with Crippen LogP contribution in [0.3, 0.4) is 0 Å². The molecule has 2 rings (SSSR count). The molecule has 0 bridgehead atoms. The van der Waals surface area contributed by atoms with Gasteiger partial charge in [-0.05, 0) is 12.1 Å². The first-order valence-electron chi connectivity index (χ1n) is 7.83. The number of aliphatic imine (C=N–C) groups is 1. The molecule has 0 fully saturated rings. The number of nitrogens with zero attached hydrogens (tertiary/aromatic N) is 4. The lowest BCUT2D eigenvalue weighted by molar-refractivity contribution is -0.120. The number of rotatable bonds is 8. The predicted octanol–water partition coefficient (Wildman–Crippen LogP) is -0.0851. The van der Waals surface area contributed by atoms with E-state index in [0.717, 1.165) is 18.8 Å². The number of aromatic nitrogens is 3. The molecule has 0 aromatic carbocycles. The number of guanidine groups is 1. The lowest BCUT2D eigenvalue weighted by atomic mass is 10.4. The summed E-state index contributed by atoms with van der Waals surface area (Å²) in [5.74, 6) is 2.08. The van der Waals surface area contributed by atoms with Gasteiger partial charge in [-0.1, -0.05) is 6.92 Å². The van der Waals surface area contributed by atoms with Gasteiger partial charge < -0.3 is 24.9 Å². The first kappa shape index (κ1) is 17.5. The number of hydrogen-bond acceptors (Lipinski definition) is 5. The minimum atomic E-state index is -0.138. The standard InChI is InChI=1S/C15H23N7O2/c1-3-13-21-20-11-22(13)7-6-17-15(16-2)19-10-14(23)18-9-12-5-4-8-24-12/h4-5,8,11H,3,6-7,9-10H2,1-2H3,(H,18,23)(H2,16,17,19). The first-order valence-corrected chi connectivity index (χ1v) is 7.83. The minimum Gasteiger partial charge on any atom is -0.467 e. The van der Waals surface area contributed by atoms with E-state index in [2.05, 4.69) is 31.1 Å². The molecule has 9 nitrogen and oxygen atoms in total. The molecule has 0 saturated carbocycles. The third-order valence-electron chi connectivity index (χ3n) is 3.34. The van der Waals surface area contributed by atoms with E-state index in [1.807, 2.05) is 17.6 Å². The molecule has 3 N–H and O–H groups in total. The van der Waals surface area contributed by atoms with E-state index in [9.17, 15) is 4.79 Å². The number of nitrogens with one attached hydrogen (secondary N) is 3. The fraction of sp³-hybridized carbons (Fsp3) is 0.467. The lowest BCUT2D eigenvalue weighted by Crippen LogP contribution is -2.43. The van der Waals surface area contributed by atoms with Gasteiger partial charge in [0.1, 0.15) is 17.9 Å². The van der Waals surface area contributed by atoms with Gasteiger partial charge in [-0.2, -0.15) is 0 Å². The topological polar surface area (TPSA) is 109 Å². The largest absolute Gasteiger partial charge is 0.467 e. The summed E-state index contributed by atoms with van der Waals surface area (Å²) in [6.07, 6.45) is 4.12. The second-order valence-corrected chi connectivity index (χ2v) is 5.00. The van der Waals surface area contributed by atoms with Crippen LogP contribution < -0.4 is 16.0 Å². The Labute approximate surface area is 140 Å². The Morgan fingerprint density at radius 2 is 2.25 bits per heavy atom. The second kappa shape index (κ2) is 9.33. The molecule has 0 radical (unpaired) electrons. The Morgan fingerprint density at radius 3 is 2.96 bits per heavy atom. The van der Waals surface area contributed by atoms with Crippen molar-refractivity contribution in [1.29, 1.82) is 0 Å². The summed E-state index contributed by atoms with van der Waals surface area (Å²) in [6.45, 7) is 3.91. The molecular weight excluding hydrogens is 310 g/mol. The summed E-state index contributed by atoms with van der Waals surface area (Å²) in [5.41, 5.74) is 0. The third kappa shape index (κ3) is 5.41. The summed E-state index contributed by atoms with van der Waals surface area (Å²) >= 11 is 0. The molecule has 0 unspecified atom stereocenters. The molecule has 130 valence electrons. The highest BCUT2D eigenvalue weighted by molar-refractivity contribution is 5.86. The van der Waals surface area contributed by atoms with Crippen LogP contribution in [0.2, 0.25) is 0 Å². The van der Waals surface area contributed by atoms with E-state index in [0.29, 0.717) is 24.8 Å². The number of furan rings is 1. The predicted molar refractivity (Wildman–Crippen MR) is 89.3 cm³/mol. The van der Waals surface area contributed by atoms with Crippen molar-refractivity contribution in [2.75, 3.05) is 20.1 Å². The van der Waals surface area contributed by atoms with E-state index in [-0.39, 0.29) is 12.5 Å². The Kier molecular flexibility index (Phi) is 6.81. The van der Waals surface area contributed by atoms with Crippen LogP contribution in [0.15, 0.2) is 34.1 Å². The van der Waals surface area contributed by atoms with Crippen LogP contribution in [-0.2, 0) is 24.3 Å². The highest BCUT2D eigenvalue weighted by Gasteiger charge is 2.05. The highest BCUT2D eigenvalue weighted by atomic mass is 16.3. The van der Waals surface area contributed by atoms with Gasteiger partial charge in [0, 0.05) is 26.6 Å². The van der Waals surface area contributed by atoms with Crippen LogP contribution in [0.1, 0.15) is 18.5 Å². The van der Waals surface area contributed by atoms with Gasteiger partial charge in [0.05, 0.1) is 19.4 Å². The molecule has 0 aliphatic carbocycles. The number of carbonyl (C=O) groups is 1. The summed E-state index contributed by atoms with van der Waals surface area (Å²) in [6, 6.07) is 3.59. The molecule has 2 aromatic rings. The molecular formula is C15H23N7O2. The van der Waals surface area contributed by atoms with Gasteiger partial charge in [-0.15, -0.1) is 10.2 Å². The molecule has 0 aliphatic rings. The quantitative estimate of drug-likeness (QED) is 0.460. The maximum Gasteiger partial charge on any atom is 0.239 e. The highest BCUT2D eigenvalue weighted by Crippen LogP contribution is 1.98. The molecule has 0 spiro atoms. The van der Waals surface area contributed by atoms with Crippen LogP contribution in [0.5, 0.6) is 0 Å². The van der Waals surface area contributed by atoms with E-state index in [1.165, 1.54) is 0 Å². The number of hydrogen-bond donors (Lipinski definition) is 3. The second-order valence-electron chi connectivity index (χ2n) is 5.00. The summed E-state index contributed by atoms with van der Waals surface area (Å²) in [4.78, 5) is 15.9. The van der Waals surface area contributed by atoms with Crippen LogP contribution in [0.25, 0.3) is 0 Å². The Morgan fingerprint density at radius 1 is 1.38 bits per heavy atom. The number of carbonyl (C=O) groups excluding carboxylic acids is 1. The van der Waals surface area contributed by atoms with Gasteiger partial charge in [0.25, 0.3) is 0 Å². The monoisotopic (exact) mass is 333 g/mol. The zero-order valence-corrected chi connectivity index (χ0v) is 14.0. The molecule has 2 aromatic heterocycles. The number of aryl methyl sites for hydroxylation is 1. The van der Waals surface area contributed by atoms with Crippen LogP contribution in [0, 0.1) is 0 Å². The van der Waals surface area contributed by atoms with Gasteiger partial charge in [-0.25, -0.2) is 0 Å². The van der Waals surface area contributed by atoms with E-state index >= 15 is 0 Å². The molecule has 1 amide bonds. The van der Waals surface area contributed by atoms with Crippen molar-refractivity contribution in [1.82, 2.24) is 30.7 Å². The zero-order valence-electron chi connectivity index (χ0n) is 14.0. The van der Waals surface area contributed by atoms with Crippen molar-refractivity contribution in [2.45, 2.75) is 26.4 Å². The van der Waals surface area contributed by atoms with E-state index < -0.39 is 0 Å². The molecule has 0 aliphatic heterocycles. The summed E-state index contributed by atoms with van der Waals surface area (Å²) < 4.78 is 7.14. The Balaban J connectivity index is 1.65. The van der Waals surface area contributed by atoms with Crippen molar-refractivity contribution in [3.63, 3.8) is 0 Å². The van der Waals surface area contributed by atoms with E-state index in [1.54, 1.807) is 25.7 Å². The molecule has 0 saturated heterocycles. The third-order valence-corrected chi connectivity index (χ3v) is 3.34. The van der Waals surface area contributed by atoms with Gasteiger partial charge >= 0.3 is 0 Å². The maximum absolute atomic E-state index is 11.8. The van der Waals surface area contributed by atoms with Crippen molar-refractivity contribution >= 4 is 11.9 Å². The average molecular weight is 333 g/mol. The first-order chi connectivity index (χ1) is 11.7. The lowest BCUT2D eigenvalue weighted by Gasteiger charge is -2.12. The van der Waals surface area contributed by atoms with Crippen molar-refractivity contribution in [3.8, 4) is 0 Å². The number of amides is 1. The summed E-state index contributed by atoms with van der Waals surface area (Å²) in [5, 5.41) is 16.8. The van der Waals surface area contributed by atoms with Gasteiger partial charge in [-0.3, -0.25) is 9.79 Å². The molecule has 24 heavy (non-hydrogen) atoms. The van der Waals surface area contributed by atoms with Crippen LogP contribution in [0.4, 0.5) is 0 Å². The normalized spacial score (nSPS) is 11.3. The van der Waals surface area contributed by atoms with Crippen molar-refractivity contribution in [2.24, 2.45) is 4.99 Å². The van der Waals surface area contributed by atoms with Crippen LogP contribution in [-0.4, -0.2) is 46.8 Å². The fourth-order valence-corrected chi connectivity index (χ4v) is 2.08. The molecule has 0 atom stereocenters. The molecule has 9 heteroatoms. The summed E-state index contributed by atoms with van der Waals surface area (Å²) in [7, 11) is 1.66.